The van der Waals surface area contributed by atoms with Crippen LogP contribution in [0.5, 0.6) is 0 Å². The zero-order chi connectivity index (χ0) is 11.9. The Morgan fingerprint density at radius 3 is 2.27 bits per heavy atom. The summed E-state index contributed by atoms with van der Waals surface area (Å²) in [4.78, 5) is 0. The van der Waals surface area contributed by atoms with Crippen LogP contribution in [0.3, 0.4) is 0 Å². The van der Waals surface area contributed by atoms with Crippen LogP contribution in [-0.2, 0) is 8.37 Å². The number of rotatable bonds is 8. The molecule has 0 saturated carbocycles. The van der Waals surface area contributed by atoms with E-state index in [0.717, 1.165) is 18.9 Å². The van der Waals surface area contributed by atoms with Gasteiger partial charge in [0, 0.05) is 0 Å². The summed E-state index contributed by atoms with van der Waals surface area (Å²) in [5.41, 5.74) is 0.324. The first kappa shape index (κ1) is 15.3. The molecule has 0 aliphatic rings. The molecule has 0 spiro atoms. The molecule has 0 fully saturated rings. The van der Waals surface area contributed by atoms with Gasteiger partial charge in [-0.25, -0.2) is 0 Å². The van der Waals surface area contributed by atoms with E-state index < -0.39 is 0 Å². The molecule has 0 heterocycles. The first-order valence-electron chi connectivity index (χ1n) is 5.79. The van der Waals surface area contributed by atoms with E-state index in [4.69, 9.17) is 8.37 Å². The minimum Gasteiger partial charge on any atom is -0.295 e. The van der Waals surface area contributed by atoms with E-state index in [-0.39, 0.29) is 0 Å². The third-order valence-electron chi connectivity index (χ3n) is 3.56. The maximum atomic E-state index is 5.43. The van der Waals surface area contributed by atoms with Crippen LogP contribution in [0.15, 0.2) is 0 Å². The molecule has 0 aromatic carbocycles. The first-order valence-corrected chi connectivity index (χ1v) is 6.45. The second-order valence-corrected chi connectivity index (χ2v) is 5.69. The lowest BCUT2D eigenvalue weighted by atomic mass is 9.69. The molecule has 15 heavy (non-hydrogen) atoms. The van der Waals surface area contributed by atoms with E-state index in [1.165, 1.54) is 12.8 Å². The average molecular weight is 234 g/mol. The fourth-order valence-corrected chi connectivity index (χ4v) is 1.96. The van der Waals surface area contributed by atoms with Crippen LogP contribution in [0, 0.1) is 17.3 Å². The Kier molecular flexibility index (Phi) is 7.66. The Hall–Kier alpha value is 0.270. The normalized spacial score (nSPS) is 14.6. The number of hydrogen-bond donors (Lipinski definition) is 0. The largest absolute Gasteiger partial charge is 0.295 e. The maximum Gasteiger partial charge on any atom is 0.158 e. The maximum absolute atomic E-state index is 5.43. The van der Waals surface area contributed by atoms with Gasteiger partial charge in [-0.2, -0.15) is 0 Å². The molecule has 0 aliphatic carbocycles. The predicted octanol–water partition coefficient (Wildman–Crippen LogP) is 4.31. The summed E-state index contributed by atoms with van der Waals surface area (Å²) in [6.45, 7) is 12.2. The summed E-state index contributed by atoms with van der Waals surface area (Å²) in [6.07, 6.45) is 2.43. The van der Waals surface area contributed by atoms with Gasteiger partial charge in [0.2, 0.25) is 0 Å². The van der Waals surface area contributed by atoms with E-state index in [0.29, 0.717) is 17.3 Å². The lowest BCUT2D eigenvalue weighted by Gasteiger charge is -2.37. The van der Waals surface area contributed by atoms with Gasteiger partial charge in [0.05, 0.1) is 13.7 Å². The summed E-state index contributed by atoms with van der Waals surface area (Å²) in [5.74, 6) is 1.27. The molecule has 0 N–H and O–H groups in total. The van der Waals surface area contributed by atoms with Crippen LogP contribution in [0.4, 0.5) is 0 Å². The molecule has 0 bridgehead atoms. The van der Waals surface area contributed by atoms with E-state index in [2.05, 4.69) is 34.6 Å². The lowest BCUT2D eigenvalue weighted by molar-refractivity contribution is 0.0835. The fraction of sp³-hybridized carbons (Fsp3) is 1.00. The monoisotopic (exact) mass is 234 g/mol. The molecule has 1 atom stereocenters. The van der Waals surface area contributed by atoms with Crippen LogP contribution >= 0.6 is 12.3 Å². The summed E-state index contributed by atoms with van der Waals surface area (Å²) >= 11 is 1.09. The quantitative estimate of drug-likeness (QED) is 0.460. The van der Waals surface area contributed by atoms with Crippen molar-refractivity contribution in [1.82, 2.24) is 0 Å². The van der Waals surface area contributed by atoms with Crippen molar-refractivity contribution in [1.29, 1.82) is 0 Å². The Morgan fingerprint density at radius 2 is 1.87 bits per heavy atom. The average Bonchev–Trinajstić information content (AvgIpc) is 2.16. The van der Waals surface area contributed by atoms with Gasteiger partial charge in [0.1, 0.15) is 0 Å². The van der Waals surface area contributed by atoms with Crippen LogP contribution in [-0.4, -0.2) is 13.7 Å². The first-order chi connectivity index (χ1) is 6.96. The Morgan fingerprint density at radius 1 is 1.27 bits per heavy atom. The standard InChI is InChI=1S/C12H26O2S/c1-7-8-11(9-14-15-13-6)12(4,5)10(2)3/h10-11H,7-9H2,1-6H3. The molecule has 0 saturated heterocycles. The zero-order valence-electron chi connectivity index (χ0n) is 11.0. The third-order valence-corrected chi connectivity index (χ3v) is 3.93. The zero-order valence-corrected chi connectivity index (χ0v) is 11.8. The second kappa shape index (κ2) is 7.53. The van der Waals surface area contributed by atoms with Crippen molar-refractivity contribution < 1.29 is 8.37 Å². The highest BCUT2D eigenvalue weighted by molar-refractivity contribution is 7.89. The summed E-state index contributed by atoms with van der Waals surface area (Å²) in [6, 6.07) is 0. The van der Waals surface area contributed by atoms with E-state index >= 15 is 0 Å². The van der Waals surface area contributed by atoms with Crippen molar-refractivity contribution in [2.75, 3.05) is 13.7 Å². The molecular weight excluding hydrogens is 208 g/mol. The van der Waals surface area contributed by atoms with Crippen LogP contribution in [0.1, 0.15) is 47.5 Å². The highest BCUT2D eigenvalue weighted by Gasteiger charge is 2.32. The number of hydrogen-bond acceptors (Lipinski definition) is 3. The minimum absolute atomic E-state index is 0.324. The summed E-state index contributed by atoms with van der Waals surface area (Å²) in [7, 11) is 1.63. The van der Waals surface area contributed by atoms with Crippen LogP contribution in [0.25, 0.3) is 0 Å². The Balaban J connectivity index is 4.23. The van der Waals surface area contributed by atoms with Gasteiger partial charge in [-0.3, -0.25) is 8.37 Å². The van der Waals surface area contributed by atoms with Crippen molar-refractivity contribution in [2.45, 2.75) is 47.5 Å². The molecule has 0 aliphatic heterocycles. The highest BCUT2D eigenvalue weighted by atomic mass is 32.2. The molecule has 0 rings (SSSR count). The molecule has 0 radical (unpaired) electrons. The lowest BCUT2D eigenvalue weighted by Crippen LogP contribution is -2.32. The molecule has 92 valence electrons. The summed E-state index contributed by atoms with van der Waals surface area (Å²) < 4.78 is 10.3. The molecule has 3 heteroatoms. The Bertz CT molecular complexity index is 158. The second-order valence-electron chi connectivity index (χ2n) is 4.98. The van der Waals surface area contributed by atoms with Crippen LogP contribution < -0.4 is 0 Å². The van der Waals surface area contributed by atoms with E-state index in [1.54, 1.807) is 7.11 Å². The predicted molar refractivity (Wildman–Crippen MR) is 67.6 cm³/mol. The third kappa shape index (κ3) is 5.23. The smallest absolute Gasteiger partial charge is 0.158 e. The van der Waals surface area contributed by atoms with Gasteiger partial charge in [-0.05, 0) is 23.7 Å². The van der Waals surface area contributed by atoms with E-state index in [1.807, 2.05) is 0 Å². The van der Waals surface area contributed by atoms with Gasteiger partial charge in [0.25, 0.3) is 0 Å². The van der Waals surface area contributed by atoms with Crippen molar-refractivity contribution in [3.05, 3.63) is 0 Å². The van der Waals surface area contributed by atoms with Gasteiger partial charge in [-0.1, -0.05) is 41.0 Å². The molecule has 0 amide bonds. The van der Waals surface area contributed by atoms with E-state index in [9.17, 15) is 0 Å². The Labute approximate surface area is 99.5 Å². The molecule has 1 unspecified atom stereocenters. The van der Waals surface area contributed by atoms with Crippen LogP contribution in [0.2, 0.25) is 0 Å². The SMILES string of the molecule is CCCC(COSOC)C(C)(C)C(C)C. The van der Waals surface area contributed by atoms with Gasteiger partial charge < -0.3 is 0 Å². The van der Waals surface area contributed by atoms with Gasteiger partial charge in [-0.15, -0.1) is 0 Å². The molecule has 0 aromatic heterocycles. The fourth-order valence-electron chi connectivity index (χ4n) is 1.65. The molecule has 0 aromatic rings. The van der Waals surface area contributed by atoms with Gasteiger partial charge in [0.15, 0.2) is 12.3 Å². The van der Waals surface area contributed by atoms with Crippen molar-refractivity contribution >= 4 is 12.3 Å². The molecular formula is C12H26O2S. The molecule has 2 nitrogen and oxygen atoms in total. The minimum atomic E-state index is 0.324. The highest BCUT2D eigenvalue weighted by Crippen LogP contribution is 2.38. The van der Waals surface area contributed by atoms with Crippen molar-refractivity contribution in [3.8, 4) is 0 Å². The topological polar surface area (TPSA) is 18.5 Å². The summed E-state index contributed by atoms with van der Waals surface area (Å²) in [5, 5.41) is 0. The van der Waals surface area contributed by atoms with Crippen molar-refractivity contribution in [2.24, 2.45) is 17.3 Å². The van der Waals surface area contributed by atoms with Gasteiger partial charge >= 0.3 is 0 Å². The van der Waals surface area contributed by atoms with Crippen molar-refractivity contribution in [3.63, 3.8) is 0 Å².